The second kappa shape index (κ2) is 22.4. The normalized spacial score (nSPS) is 17.7. The van der Waals surface area contributed by atoms with Crippen LogP contribution in [0, 0.1) is 13.8 Å². The van der Waals surface area contributed by atoms with Gasteiger partial charge in [0.25, 0.3) is 5.91 Å². The number of carbonyl (C=O) groups is 5. The van der Waals surface area contributed by atoms with Crippen LogP contribution in [-0.4, -0.2) is 135 Å². The SMILES string of the molecule is Cc1nc(-c2ccc(C(C)(C)C)cc2)nc(C)c1C(=O)N[C@@H](CCN)C(=O)N(C)[C@@H]1C(=O)N[C@@H](C)C(=O)N[C@H](C(=O)O)Cc2ccc(OC[C@H](O)CN)c(c2)-c2cc1cc(OC[C@H](O)CN)c2O. The minimum absolute atomic E-state index is 0.0128. The molecular formula is C48H63N9O11. The topological polar surface area (TPSA) is 328 Å². The number of benzene rings is 3. The van der Waals surface area contributed by atoms with E-state index in [0.717, 1.165) is 16.0 Å². The number of nitrogens with zero attached hydrogens (tertiary/aromatic N) is 3. The third-order valence-electron chi connectivity index (χ3n) is 11.5. The van der Waals surface area contributed by atoms with E-state index in [9.17, 15) is 44.4 Å². The number of aliphatic carboxylic acids is 1. The van der Waals surface area contributed by atoms with Crippen molar-refractivity contribution in [3.63, 3.8) is 0 Å². The van der Waals surface area contributed by atoms with Gasteiger partial charge in [0.15, 0.2) is 17.3 Å². The second-order valence-electron chi connectivity index (χ2n) is 17.9. The summed E-state index contributed by atoms with van der Waals surface area (Å²) < 4.78 is 11.8. The highest BCUT2D eigenvalue weighted by Gasteiger charge is 2.37. The number of aliphatic hydroxyl groups excluding tert-OH is 2. The van der Waals surface area contributed by atoms with Gasteiger partial charge in [-0.2, -0.15) is 0 Å². The standard InChI is InChI=1S/C48H63N9O11/c1-24-39(25(2)53-42(52-24)28-9-11-30(12-10-28)48(4,5)6)44(62)55-35(14-15-49)46(64)57(7)40-29-18-34(41(60)38(19-29)68-23-32(59)21-51)33-16-27(8-13-37(33)67-22-31(58)20-50)17-36(47(65)66)56-43(61)26(3)54-45(40)63/h8-13,16,18-19,26,31-32,35-36,40,58-60H,14-15,17,20-23,49-51H2,1-7H3,(H,54,63)(H,55,62)(H,56,61)(H,65,66)/t26-,31+,32+,35-,36-,40-/m0/s1. The number of fused-ring (bicyclic) bond motifs is 5. The summed E-state index contributed by atoms with van der Waals surface area (Å²) in [6.07, 6.45) is -2.63. The second-order valence-corrected chi connectivity index (χ2v) is 17.9. The first-order chi connectivity index (χ1) is 32.1. The summed E-state index contributed by atoms with van der Waals surface area (Å²) in [5.41, 5.74) is 20.4. The van der Waals surface area contributed by atoms with E-state index in [4.69, 9.17) is 26.7 Å². The summed E-state index contributed by atoms with van der Waals surface area (Å²) in [5, 5.41) is 50.5. The first-order valence-corrected chi connectivity index (χ1v) is 22.2. The fourth-order valence-electron chi connectivity index (χ4n) is 7.61. The van der Waals surface area contributed by atoms with Crippen LogP contribution in [0.3, 0.4) is 0 Å². The van der Waals surface area contributed by atoms with E-state index in [2.05, 4.69) is 46.7 Å². The number of phenols is 1. The van der Waals surface area contributed by atoms with Gasteiger partial charge < -0.3 is 68.0 Å². The predicted octanol–water partition coefficient (Wildman–Crippen LogP) is 1.10. The summed E-state index contributed by atoms with van der Waals surface area (Å²) in [7, 11) is 1.30. The summed E-state index contributed by atoms with van der Waals surface area (Å²) in [6.45, 7) is 9.81. The minimum atomic E-state index is -1.66. The van der Waals surface area contributed by atoms with Crippen LogP contribution >= 0.6 is 0 Å². The van der Waals surface area contributed by atoms with Crippen LogP contribution in [0.4, 0.5) is 0 Å². The van der Waals surface area contributed by atoms with Crippen LogP contribution in [0.5, 0.6) is 17.2 Å². The zero-order valence-corrected chi connectivity index (χ0v) is 39.3. The molecule has 0 spiro atoms. The average molecular weight is 942 g/mol. The van der Waals surface area contributed by atoms with Gasteiger partial charge in [-0.05, 0) is 80.1 Å². The van der Waals surface area contributed by atoms with Crippen molar-refractivity contribution in [3.05, 3.63) is 88.2 Å². The molecule has 1 aliphatic heterocycles. The summed E-state index contributed by atoms with van der Waals surface area (Å²) >= 11 is 0. The van der Waals surface area contributed by atoms with Crippen molar-refractivity contribution in [2.24, 2.45) is 17.2 Å². The molecular weight excluding hydrogens is 879 g/mol. The van der Waals surface area contributed by atoms with E-state index in [-0.39, 0.29) is 78.3 Å². The van der Waals surface area contributed by atoms with Crippen molar-refractivity contribution >= 4 is 29.6 Å². The number of carboxylic acid groups (broad SMARTS) is 1. The average Bonchev–Trinajstić information content (AvgIpc) is 3.29. The molecule has 0 saturated carbocycles. The number of rotatable bonds is 16. The zero-order valence-electron chi connectivity index (χ0n) is 39.3. The molecule has 1 aromatic heterocycles. The van der Waals surface area contributed by atoms with Crippen molar-refractivity contribution in [2.75, 3.05) is 39.9 Å². The van der Waals surface area contributed by atoms with Crippen LogP contribution in [0.25, 0.3) is 22.5 Å². The maximum atomic E-state index is 14.8. The zero-order chi connectivity index (χ0) is 50.2. The monoisotopic (exact) mass is 941 g/mol. The Bertz CT molecular complexity index is 2470. The molecule has 0 radical (unpaired) electrons. The number of likely N-dealkylation sites (N-methyl/N-ethyl adjacent to an activating group) is 1. The Morgan fingerprint density at radius 3 is 2.03 bits per heavy atom. The molecule has 20 heteroatoms. The van der Waals surface area contributed by atoms with E-state index in [0.29, 0.717) is 22.8 Å². The smallest absolute Gasteiger partial charge is 0.326 e. The van der Waals surface area contributed by atoms with E-state index < -0.39 is 78.3 Å². The molecule has 6 atom stereocenters. The molecule has 3 aromatic carbocycles. The van der Waals surface area contributed by atoms with Crippen LogP contribution in [-0.2, 0) is 31.0 Å². The van der Waals surface area contributed by atoms with E-state index in [1.807, 2.05) is 24.3 Å². The maximum absolute atomic E-state index is 14.8. The quantitative estimate of drug-likeness (QED) is 0.0752. The van der Waals surface area contributed by atoms with Crippen molar-refractivity contribution in [3.8, 4) is 39.8 Å². The number of phenolic OH excluding ortho intramolecular Hbond substituents is 1. The lowest BCUT2D eigenvalue weighted by Crippen LogP contribution is -2.55. The van der Waals surface area contributed by atoms with Crippen molar-refractivity contribution in [1.82, 2.24) is 30.8 Å². The lowest BCUT2D eigenvalue weighted by Gasteiger charge is -2.33. The number of carbonyl (C=O) groups excluding carboxylic acids is 4. The Morgan fingerprint density at radius 2 is 1.47 bits per heavy atom. The van der Waals surface area contributed by atoms with Gasteiger partial charge in [0.2, 0.25) is 17.7 Å². The van der Waals surface area contributed by atoms with Gasteiger partial charge in [-0.1, -0.05) is 51.1 Å². The van der Waals surface area contributed by atoms with E-state index >= 15 is 0 Å². The van der Waals surface area contributed by atoms with Gasteiger partial charge in [-0.15, -0.1) is 0 Å². The molecule has 0 saturated heterocycles. The van der Waals surface area contributed by atoms with Crippen molar-refractivity contribution in [1.29, 1.82) is 0 Å². The number of aromatic nitrogens is 2. The number of hydrogen-bond donors (Lipinski definition) is 10. The lowest BCUT2D eigenvalue weighted by atomic mass is 9.86. The molecule has 13 N–H and O–H groups in total. The molecule has 0 unspecified atom stereocenters. The number of nitrogens with two attached hydrogens (primary N) is 3. The molecule has 1 aliphatic rings. The van der Waals surface area contributed by atoms with Crippen molar-refractivity contribution < 1.29 is 53.9 Å². The van der Waals surface area contributed by atoms with Gasteiger partial charge in [-0.25, -0.2) is 14.8 Å². The minimum Gasteiger partial charge on any atom is -0.504 e. The first kappa shape index (κ1) is 52.3. The Morgan fingerprint density at radius 1 is 0.868 bits per heavy atom. The van der Waals surface area contributed by atoms with Gasteiger partial charge in [-0.3, -0.25) is 19.2 Å². The Balaban J connectivity index is 1.62. The number of aromatic hydroxyl groups is 1. The van der Waals surface area contributed by atoms with Gasteiger partial charge in [0, 0.05) is 43.2 Å². The number of hydrogen-bond acceptors (Lipinski definition) is 15. The predicted molar refractivity (Wildman–Crippen MR) is 252 cm³/mol. The highest BCUT2D eigenvalue weighted by molar-refractivity contribution is 6.00. The van der Waals surface area contributed by atoms with Gasteiger partial charge in [0.1, 0.15) is 55.3 Å². The Labute approximate surface area is 394 Å². The lowest BCUT2D eigenvalue weighted by molar-refractivity contribution is -0.143. The van der Waals surface area contributed by atoms with Crippen LogP contribution < -0.4 is 42.6 Å². The van der Waals surface area contributed by atoms with Crippen LogP contribution in [0.2, 0.25) is 0 Å². The van der Waals surface area contributed by atoms with Crippen molar-refractivity contribution in [2.45, 2.75) is 96.2 Å². The van der Waals surface area contributed by atoms with Crippen LogP contribution in [0.1, 0.15) is 78.6 Å². The number of ether oxygens (including phenoxy) is 2. The summed E-state index contributed by atoms with van der Waals surface area (Å²) in [5.74, 6) is -4.94. The van der Waals surface area contributed by atoms with Gasteiger partial charge >= 0.3 is 5.97 Å². The van der Waals surface area contributed by atoms with Gasteiger partial charge in [0.05, 0.1) is 17.0 Å². The molecule has 2 heterocycles. The maximum Gasteiger partial charge on any atom is 0.326 e. The molecule has 0 aliphatic carbocycles. The number of aryl methyl sites for hydroxylation is 2. The largest absolute Gasteiger partial charge is 0.504 e. The number of nitrogens with one attached hydrogen (secondary N) is 3. The highest BCUT2D eigenvalue weighted by atomic mass is 16.5. The molecule has 4 aromatic rings. The third-order valence-corrected chi connectivity index (χ3v) is 11.5. The number of aliphatic hydroxyl groups is 2. The Hall–Kier alpha value is -6.71. The highest BCUT2D eigenvalue weighted by Crippen LogP contribution is 2.45. The molecule has 20 nitrogen and oxygen atoms in total. The number of amides is 4. The molecule has 4 amide bonds. The molecule has 4 bridgehead atoms. The number of carboxylic acids is 1. The first-order valence-electron chi connectivity index (χ1n) is 22.2. The summed E-state index contributed by atoms with van der Waals surface area (Å²) in [4.78, 5) is 79.9. The van der Waals surface area contributed by atoms with Crippen LogP contribution in [0.15, 0.2) is 54.6 Å². The molecule has 68 heavy (non-hydrogen) atoms. The summed E-state index contributed by atoms with van der Waals surface area (Å²) in [6, 6.07) is 9.15. The third kappa shape index (κ3) is 12.4. The fraction of sp³-hybridized carbons (Fsp3) is 0.438. The molecule has 366 valence electrons. The fourth-order valence-corrected chi connectivity index (χ4v) is 7.61. The van der Waals surface area contributed by atoms with E-state index in [1.165, 1.54) is 38.2 Å². The Kier molecular flexibility index (Phi) is 17.2. The van der Waals surface area contributed by atoms with E-state index in [1.54, 1.807) is 19.9 Å². The molecule has 5 rings (SSSR count). The molecule has 0 fully saturated rings.